The lowest BCUT2D eigenvalue weighted by molar-refractivity contribution is 0.639. The first kappa shape index (κ1) is 8.05. The molecule has 1 atom stereocenters. The van der Waals surface area contributed by atoms with Gasteiger partial charge in [-0.2, -0.15) is 0 Å². The Balaban J connectivity index is 2.19. The average Bonchev–Trinajstić information content (AvgIpc) is 2.56. The van der Waals surface area contributed by atoms with Crippen LogP contribution in [0.4, 0.5) is 0 Å². The fourth-order valence-electron chi connectivity index (χ4n) is 2.46. The van der Waals surface area contributed by atoms with E-state index in [-0.39, 0.29) is 0 Å². The molecule has 70 valence electrons. The first-order chi connectivity index (χ1) is 6.84. The van der Waals surface area contributed by atoms with Crippen molar-refractivity contribution in [3.8, 4) is 0 Å². The number of allylic oxidation sites excluding steroid dienone is 3. The van der Waals surface area contributed by atoms with Gasteiger partial charge in [-0.25, -0.2) is 0 Å². The second kappa shape index (κ2) is 2.84. The summed E-state index contributed by atoms with van der Waals surface area (Å²) in [5.41, 5.74) is 5.89. The van der Waals surface area contributed by atoms with Crippen molar-refractivity contribution in [3.05, 3.63) is 47.0 Å². The number of fused-ring (bicyclic) bond motifs is 3. The normalized spacial score (nSPS) is 23.6. The molecule has 1 aromatic rings. The van der Waals surface area contributed by atoms with Crippen LogP contribution in [0.3, 0.4) is 0 Å². The summed E-state index contributed by atoms with van der Waals surface area (Å²) in [5, 5.41) is 0. The molecule has 1 unspecified atom stereocenters. The quantitative estimate of drug-likeness (QED) is 0.571. The number of benzene rings is 1. The number of rotatable bonds is 0. The second-order valence-electron chi connectivity index (χ2n) is 4.35. The lowest BCUT2D eigenvalue weighted by Crippen LogP contribution is -2.00. The fraction of sp³-hybridized carbons (Fsp3) is 0.286. The Kier molecular flexibility index (Phi) is 1.63. The summed E-state index contributed by atoms with van der Waals surface area (Å²) >= 11 is 0. The molecule has 2 aliphatic rings. The molecule has 0 aliphatic heterocycles. The summed E-state index contributed by atoms with van der Waals surface area (Å²) < 4.78 is 0. The lowest BCUT2D eigenvalue weighted by atomic mass is 9.87. The Hall–Kier alpha value is -1.30. The van der Waals surface area contributed by atoms with Crippen LogP contribution in [0.25, 0.3) is 11.6 Å². The van der Waals surface area contributed by atoms with E-state index in [0.717, 1.165) is 5.92 Å². The predicted molar refractivity (Wildman–Crippen MR) is 60.8 cm³/mol. The van der Waals surface area contributed by atoms with Gasteiger partial charge in [0, 0.05) is 0 Å². The van der Waals surface area contributed by atoms with Crippen molar-refractivity contribution in [2.75, 3.05) is 0 Å². The van der Waals surface area contributed by atoms with Gasteiger partial charge in [0.15, 0.2) is 0 Å². The van der Waals surface area contributed by atoms with Gasteiger partial charge in [-0.3, -0.25) is 0 Å². The van der Waals surface area contributed by atoms with Gasteiger partial charge in [-0.1, -0.05) is 43.3 Å². The van der Waals surface area contributed by atoms with Crippen molar-refractivity contribution in [1.82, 2.24) is 0 Å². The number of hydrogen-bond donors (Lipinski definition) is 0. The van der Waals surface area contributed by atoms with E-state index in [1.54, 1.807) is 5.57 Å². The highest BCUT2D eigenvalue weighted by Crippen LogP contribution is 2.41. The zero-order valence-electron chi connectivity index (χ0n) is 8.46. The third-order valence-corrected chi connectivity index (χ3v) is 3.25. The van der Waals surface area contributed by atoms with Gasteiger partial charge < -0.3 is 0 Å². The molecule has 2 aliphatic carbocycles. The summed E-state index contributed by atoms with van der Waals surface area (Å²) in [6.07, 6.45) is 7.35. The molecule has 0 nitrogen and oxygen atoms in total. The van der Waals surface area contributed by atoms with Gasteiger partial charge in [0.25, 0.3) is 0 Å². The highest BCUT2D eigenvalue weighted by atomic mass is 14.3. The fourth-order valence-corrected chi connectivity index (χ4v) is 2.46. The largest absolute Gasteiger partial charge is 0.0735 e. The minimum atomic E-state index is 0.744. The van der Waals surface area contributed by atoms with E-state index >= 15 is 0 Å². The van der Waals surface area contributed by atoms with Crippen molar-refractivity contribution >= 4 is 11.6 Å². The summed E-state index contributed by atoms with van der Waals surface area (Å²) in [5.74, 6) is 0.744. The SMILES string of the molecule is CC1C=C2C(=Cc3ccccc32)CC1. The van der Waals surface area contributed by atoms with Crippen LogP contribution in [0.15, 0.2) is 35.9 Å². The van der Waals surface area contributed by atoms with Gasteiger partial charge in [0.2, 0.25) is 0 Å². The van der Waals surface area contributed by atoms with Crippen LogP contribution < -0.4 is 0 Å². The summed E-state index contributed by atoms with van der Waals surface area (Å²) in [4.78, 5) is 0. The third kappa shape index (κ3) is 1.07. The van der Waals surface area contributed by atoms with E-state index in [4.69, 9.17) is 0 Å². The van der Waals surface area contributed by atoms with E-state index in [1.165, 1.54) is 29.5 Å². The van der Waals surface area contributed by atoms with Crippen molar-refractivity contribution in [2.45, 2.75) is 19.8 Å². The maximum atomic E-state index is 2.43. The lowest BCUT2D eigenvalue weighted by Gasteiger charge is -2.17. The Morgan fingerprint density at radius 1 is 1.21 bits per heavy atom. The van der Waals surface area contributed by atoms with Crippen LogP contribution in [0, 0.1) is 5.92 Å². The van der Waals surface area contributed by atoms with Crippen molar-refractivity contribution in [1.29, 1.82) is 0 Å². The van der Waals surface area contributed by atoms with Gasteiger partial charge in [-0.05, 0) is 41.0 Å². The van der Waals surface area contributed by atoms with Crippen molar-refractivity contribution < 1.29 is 0 Å². The zero-order valence-corrected chi connectivity index (χ0v) is 8.46. The maximum Gasteiger partial charge on any atom is -0.0112 e. The Morgan fingerprint density at radius 3 is 3.00 bits per heavy atom. The molecule has 14 heavy (non-hydrogen) atoms. The van der Waals surface area contributed by atoms with Crippen LogP contribution in [0.2, 0.25) is 0 Å². The minimum absolute atomic E-state index is 0.744. The summed E-state index contributed by atoms with van der Waals surface area (Å²) in [7, 11) is 0. The molecule has 0 fully saturated rings. The Bertz CT molecular complexity index is 435. The van der Waals surface area contributed by atoms with Gasteiger partial charge in [0.1, 0.15) is 0 Å². The van der Waals surface area contributed by atoms with Crippen LogP contribution in [-0.2, 0) is 0 Å². The molecule has 0 spiro atoms. The standard InChI is InChI=1S/C14H14/c1-10-6-7-12-9-11-4-2-3-5-13(11)14(12)8-10/h2-5,8-10H,6-7H2,1H3. The van der Waals surface area contributed by atoms with Gasteiger partial charge in [-0.15, -0.1) is 0 Å². The molecule has 1 aromatic carbocycles. The molecule has 0 saturated carbocycles. The Morgan fingerprint density at radius 2 is 2.07 bits per heavy atom. The molecule has 0 amide bonds. The molecule has 0 radical (unpaired) electrons. The second-order valence-corrected chi connectivity index (χ2v) is 4.35. The molecule has 0 aromatic heterocycles. The molecular formula is C14H14. The van der Waals surface area contributed by atoms with Crippen LogP contribution in [-0.4, -0.2) is 0 Å². The molecule has 0 heterocycles. The molecule has 0 heteroatoms. The van der Waals surface area contributed by atoms with E-state index < -0.39 is 0 Å². The molecule has 0 N–H and O–H groups in total. The molecule has 0 saturated heterocycles. The molecular weight excluding hydrogens is 168 g/mol. The Labute approximate surface area is 85.0 Å². The van der Waals surface area contributed by atoms with Crippen molar-refractivity contribution in [3.63, 3.8) is 0 Å². The first-order valence-corrected chi connectivity index (χ1v) is 5.37. The highest BCUT2D eigenvalue weighted by Gasteiger charge is 2.22. The summed E-state index contributed by atoms with van der Waals surface area (Å²) in [6, 6.07) is 8.71. The molecule has 0 bridgehead atoms. The van der Waals surface area contributed by atoms with E-state index in [0.29, 0.717) is 0 Å². The first-order valence-electron chi connectivity index (χ1n) is 5.37. The van der Waals surface area contributed by atoms with E-state index in [2.05, 4.69) is 43.3 Å². The van der Waals surface area contributed by atoms with E-state index in [9.17, 15) is 0 Å². The highest BCUT2D eigenvalue weighted by molar-refractivity contribution is 5.94. The molecule has 3 rings (SSSR count). The maximum absolute atomic E-state index is 2.43. The predicted octanol–water partition coefficient (Wildman–Crippen LogP) is 3.90. The minimum Gasteiger partial charge on any atom is -0.0735 e. The van der Waals surface area contributed by atoms with Gasteiger partial charge in [0.05, 0.1) is 0 Å². The summed E-state index contributed by atoms with van der Waals surface area (Å²) in [6.45, 7) is 2.31. The van der Waals surface area contributed by atoms with Crippen molar-refractivity contribution in [2.24, 2.45) is 5.92 Å². The monoisotopic (exact) mass is 182 g/mol. The van der Waals surface area contributed by atoms with E-state index in [1.807, 2.05) is 0 Å². The zero-order chi connectivity index (χ0) is 9.54. The van der Waals surface area contributed by atoms with Crippen LogP contribution in [0.1, 0.15) is 30.9 Å². The van der Waals surface area contributed by atoms with Crippen LogP contribution in [0.5, 0.6) is 0 Å². The van der Waals surface area contributed by atoms with Crippen LogP contribution >= 0.6 is 0 Å². The average molecular weight is 182 g/mol. The van der Waals surface area contributed by atoms with Gasteiger partial charge >= 0.3 is 0 Å². The third-order valence-electron chi connectivity index (χ3n) is 3.25. The topological polar surface area (TPSA) is 0 Å². The smallest absolute Gasteiger partial charge is 0.0112 e. The number of hydrogen-bond acceptors (Lipinski definition) is 0.